The maximum Gasteiger partial charge on any atom is 0.407 e. The number of hydrogen-bond acceptors (Lipinski definition) is 4. The van der Waals surface area contributed by atoms with Crippen LogP contribution in [0.1, 0.15) is 20.8 Å². The van der Waals surface area contributed by atoms with Crippen molar-refractivity contribution in [3.63, 3.8) is 0 Å². The number of rotatable bonds is 4. The number of alkyl carbamates (subject to hydrolysis) is 1. The summed E-state index contributed by atoms with van der Waals surface area (Å²) in [6.45, 7) is 5.87. The average Bonchev–Trinajstić information content (AvgIpc) is 1.98. The SMILES string of the molecule is CN(C)C[C@H](CO)NC(=O)OC(C)(C)C. The Hall–Kier alpha value is -0.810. The fourth-order valence-electron chi connectivity index (χ4n) is 1.06. The van der Waals surface area contributed by atoms with Gasteiger partial charge in [0, 0.05) is 6.54 Å². The highest BCUT2D eigenvalue weighted by Gasteiger charge is 2.19. The van der Waals surface area contributed by atoms with Crippen LogP contribution < -0.4 is 5.32 Å². The van der Waals surface area contributed by atoms with Gasteiger partial charge >= 0.3 is 6.09 Å². The zero-order valence-corrected chi connectivity index (χ0v) is 10.2. The fourth-order valence-corrected chi connectivity index (χ4v) is 1.06. The summed E-state index contributed by atoms with van der Waals surface area (Å²) in [6.07, 6.45) is -0.497. The summed E-state index contributed by atoms with van der Waals surface area (Å²) in [4.78, 5) is 13.2. The molecule has 0 aliphatic rings. The van der Waals surface area contributed by atoms with Crippen LogP contribution in [0.5, 0.6) is 0 Å². The molecule has 15 heavy (non-hydrogen) atoms. The second kappa shape index (κ2) is 5.92. The monoisotopic (exact) mass is 218 g/mol. The second-order valence-corrected chi connectivity index (χ2v) is 4.79. The molecule has 0 bridgehead atoms. The number of aliphatic hydroxyl groups is 1. The van der Waals surface area contributed by atoms with Crippen molar-refractivity contribution >= 4 is 6.09 Å². The van der Waals surface area contributed by atoms with Crippen molar-refractivity contribution in [3.8, 4) is 0 Å². The number of likely N-dealkylation sites (N-methyl/N-ethyl adjacent to an activating group) is 1. The molecule has 1 atom stereocenters. The Balaban J connectivity index is 4.02. The van der Waals surface area contributed by atoms with Crippen LogP contribution in [0, 0.1) is 0 Å². The molecule has 0 aromatic rings. The molecule has 0 heterocycles. The van der Waals surface area contributed by atoms with E-state index >= 15 is 0 Å². The lowest BCUT2D eigenvalue weighted by Gasteiger charge is -2.24. The van der Waals surface area contributed by atoms with Crippen molar-refractivity contribution in [2.75, 3.05) is 27.2 Å². The topological polar surface area (TPSA) is 61.8 Å². The minimum absolute atomic E-state index is 0.0998. The molecule has 0 radical (unpaired) electrons. The lowest BCUT2D eigenvalue weighted by atomic mass is 10.2. The van der Waals surface area contributed by atoms with Crippen LogP contribution in [-0.2, 0) is 4.74 Å². The molecule has 0 unspecified atom stereocenters. The van der Waals surface area contributed by atoms with Crippen LogP contribution in [-0.4, -0.2) is 55.0 Å². The third-order valence-corrected chi connectivity index (χ3v) is 1.53. The molecule has 0 fully saturated rings. The highest BCUT2D eigenvalue weighted by molar-refractivity contribution is 5.68. The molecular weight excluding hydrogens is 196 g/mol. The molecule has 90 valence electrons. The molecule has 1 amide bonds. The lowest BCUT2D eigenvalue weighted by molar-refractivity contribution is 0.0472. The first-order valence-electron chi connectivity index (χ1n) is 4.99. The Morgan fingerprint density at radius 2 is 2.00 bits per heavy atom. The molecule has 0 aliphatic carbocycles. The van der Waals surface area contributed by atoms with Gasteiger partial charge in [-0.25, -0.2) is 4.79 Å². The maximum absolute atomic E-state index is 11.3. The van der Waals surface area contributed by atoms with Gasteiger partial charge in [0.15, 0.2) is 0 Å². The molecule has 0 saturated carbocycles. The van der Waals surface area contributed by atoms with Crippen LogP contribution >= 0.6 is 0 Å². The summed E-state index contributed by atoms with van der Waals surface area (Å²) >= 11 is 0. The number of carbonyl (C=O) groups excluding carboxylic acids is 1. The van der Waals surface area contributed by atoms with Crippen LogP contribution in [0.3, 0.4) is 0 Å². The van der Waals surface area contributed by atoms with Gasteiger partial charge in [0.05, 0.1) is 12.6 Å². The molecule has 0 spiro atoms. The van der Waals surface area contributed by atoms with E-state index < -0.39 is 11.7 Å². The van der Waals surface area contributed by atoms with E-state index in [4.69, 9.17) is 9.84 Å². The normalized spacial score (nSPS) is 13.8. The largest absolute Gasteiger partial charge is 0.444 e. The van der Waals surface area contributed by atoms with Gasteiger partial charge < -0.3 is 20.1 Å². The van der Waals surface area contributed by atoms with Crippen LogP contribution in [0.15, 0.2) is 0 Å². The predicted molar refractivity (Wildman–Crippen MR) is 58.8 cm³/mol. The Morgan fingerprint density at radius 1 is 1.47 bits per heavy atom. The Morgan fingerprint density at radius 3 is 2.33 bits per heavy atom. The van der Waals surface area contributed by atoms with E-state index in [0.717, 1.165) is 0 Å². The van der Waals surface area contributed by atoms with Crippen molar-refractivity contribution < 1.29 is 14.6 Å². The quantitative estimate of drug-likeness (QED) is 0.718. The molecule has 2 N–H and O–H groups in total. The van der Waals surface area contributed by atoms with Crippen molar-refractivity contribution in [2.45, 2.75) is 32.4 Å². The molecule has 5 nitrogen and oxygen atoms in total. The van der Waals surface area contributed by atoms with E-state index in [2.05, 4.69) is 5.32 Å². The van der Waals surface area contributed by atoms with Gasteiger partial charge in [-0.2, -0.15) is 0 Å². The molecule has 0 saturated heterocycles. The van der Waals surface area contributed by atoms with Gasteiger partial charge in [-0.1, -0.05) is 0 Å². The van der Waals surface area contributed by atoms with E-state index in [1.807, 2.05) is 19.0 Å². The number of aliphatic hydroxyl groups excluding tert-OH is 1. The van der Waals surface area contributed by atoms with Gasteiger partial charge in [-0.05, 0) is 34.9 Å². The number of carbonyl (C=O) groups is 1. The van der Waals surface area contributed by atoms with Crippen molar-refractivity contribution in [1.29, 1.82) is 0 Å². The van der Waals surface area contributed by atoms with Crippen LogP contribution in [0.25, 0.3) is 0 Å². The molecule has 0 rings (SSSR count). The van der Waals surface area contributed by atoms with Crippen LogP contribution in [0.2, 0.25) is 0 Å². The first kappa shape index (κ1) is 14.2. The van der Waals surface area contributed by atoms with Crippen molar-refractivity contribution in [2.24, 2.45) is 0 Å². The number of nitrogens with zero attached hydrogens (tertiary/aromatic N) is 1. The molecular formula is C10H22N2O3. The zero-order chi connectivity index (χ0) is 12.1. The first-order valence-corrected chi connectivity index (χ1v) is 4.99. The minimum Gasteiger partial charge on any atom is -0.444 e. The number of ether oxygens (including phenoxy) is 1. The number of nitrogens with one attached hydrogen (secondary N) is 1. The summed E-state index contributed by atoms with van der Waals surface area (Å²) in [6, 6.07) is -0.296. The van der Waals surface area contributed by atoms with Gasteiger partial charge in [0.2, 0.25) is 0 Å². The number of amides is 1. The standard InChI is InChI=1S/C10H22N2O3/c1-10(2,3)15-9(14)11-8(7-13)6-12(4)5/h8,13H,6-7H2,1-5H3,(H,11,14)/t8-/m1/s1. The second-order valence-electron chi connectivity index (χ2n) is 4.79. The van der Waals surface area contributed by atoms with E-state index in [1.165, 1.54) is 0 Å². The molecule has 5 heteroatoms. The van der Waals surface area contributed by atoms with E-state index in [9.17, 15) is 4.79 Å². The minimum atomic E-state index is -0.512. The first-order chi connectivity index (χ1) is 6.74. The van der Waals surface area contributed by atoms with E-state index in [1.54, 1.807) is 20.8 Å². The number of hydrogen-bond donors (Lipinski definition) is 2. The maximum atomic E-state index is 11.3. The van der Waals surface area contributed by atoms with E-state index in [0.29, 0.717) is 6.54 Å². The summed E-state index contributed by atoms with van der Waals surface area (Å²) < 4.78 is 5.07. The predicted octanol–water partition coefficient (Wildman–Crippen LogP) is 0.434. The third kappa shape index (κ3) is 8.20. The third-order valence-electron chi connectivity index (χ3n) is 1.53. The molecule has 0 aromatic carbocycles. The summed E-state index contributed by atoms with van der Waals surface area (Å²) in [5.74, 6) is 0. The van der Waals surface area contributed by atoms with Gasteiger partial charge in [0.25, 0.3) is 0 Å². The Kier molecular flexibility index (Phi) is 5.60. The molecule has 0 aliphatic heterocycles. The van der Waals surface area contributed by atoms with Crippen molar-refractivity contribution in [3.05, 3.63) is 0 Å². The Labute approximate surface area is 91.4 Å². The van der Waals surface area contributed by atoms with Gasteiger partial charge in [-0.15, -0.1) is 0 Å². The summed E-state index contributed by atoms with van der Waals surface area (Å²) in [5, 5.41) is 11.6. The molecule has 0 aromatic heterocycles. The summed E-state index contributed by atoms with van der Waals surface area (Å²) in [5.41, 5.74) is -0.512. The Bertz CT molecular complexity index is 199. The van der Waals surface area contributed by atoms with Crippen LogP contribution in [0.4, 0.5) is 4.79 Å². The zero-order valence-electron chi connectivity index (χ0n) is 10.2. The highest BCUT2D eigenvalue weighted by Crippen LogP contribution is 2.06. The summed E-state index contributed by atoms with van der Waals surface area (Å²) in [7, 11) is 3.75. The lowest BCUT2D eigenvalue weighted by Crippen LogP contribution is -2.45. The van der Waals surface area contributed by atoms with Gasteiger partial charge in [0.1, 0.15) is 5.60 Å². The smallest absolute Gasteiger partial charge is 0.407 e. The fraction of sp³-hybridized carbons (Fsp3) is 0.900. The van der Waals surface area contributed by atoms with Gasteiger partial charge in [-0.3, -0.25) is 0 Å². The van der Waals surface area contributed by atoms with E-state index in [-0.39, 0.29) is 12.6 Å². The van der Waals surface area contributed by atoms with Crippen molar-refractivity contribution in [1.82, 2.24) is 10.2 Å². The average molecular weight is 218 g/mol. The highest BCUT2D eigenvalue weighted by atomic mass is 16.6.